The van der Waals surface area contributed by atoms with Crippen molar-refractivity contribution in [2.24, 2.45) is 0 Å². The Labute approximate surface area is 76.7 Å². The lowest BCUT2D eigenvalue weighted by Crippen LogP contribution is -2.22. The standard InChI is InChI=1S/C10H12FNO/c1-7-6-13-10(12-7)8-4-2-3-5-9(8)11/h2-5,7,10,12H,6H2,1H3. The third kappa shape index (κ3) is 1.71. The Morgan fingerprint density at radius 3 is 2.85 bits per heavy atom. The quantitative estimate of drug-likeness (QED) is 0.713. The van der Waals surface area contributed by atoms with E-state index in [9.17, 15) is 4.39 Å². The summed E-state index contributed by atoms with van der Waals surface area (Å²) in [6.45, 7) is 2.65. The van der Waals surface area contributed by atoms with E-state index < -0.39 is 0 Å². The van der Waals surface area contributed by atoms with Crippen LogP contribution < -0.4 is 5.32 Å². The second-order valence-electron chi connectivity index (χ2n) is 3.30. The minimum Gasteiger partial charge on any atom is -0.357 e. The van der Waals surface area contributed by atoms with Crippen LogP contribution in [0, 0.1) is 5.82 Å². The molecule has 0 amide bonds. The highest BCUT2D eigenvalue weighted by Gasteiger charge is 2.24. The molecule has 1 saturated heterocycles. The molecule has 2 nitrogen and oxygen atoms in total. The summed E-state index contributed by atoms with van der Waals surface area (Å²) in [5.41, 5.74) is 0.590. The van der Waals surface area contributed by atoms with Crippen LogP contribution in [0.1, 0.15) is 18.7 Å². The maximum absolute atomic E-state index is 13.2. The molecule has 0 aliphatic carbocycles. The van der Waals surface area contributed by atoms with Crippen molar-refractivity contribution < 1.29 is 9.13 Å². The minimum absolute atomic E-state index is 0.214. The van der Waals surface area contributed by atoms with E-state index in [2.05, 4.69) is 5.32 Å². The Hall–Kier alpha value is -0.930. The van der Waals surface area contributed by atoms with Crippen LogP contribution in [0.5, 0.6) is 0 Å². The second kappa shape index (κ2) is 3.44. The van der Waals surface area contributed by atoms with Crippen LogP contribution in [0.2, 0.25) is 0 Å². The van der Waals surface area contributed by atoms with Crippen molar-refractivity contribution in [3.8, 4) is 0 Å². The molecular weight excluding hydrogens is 169 g/mol. The fourth-order valence-corrected chi connectivity index (χ4v) is 1.46. The molecule has 0 bridgehead atoms. The fourth-order valence-electron chi connectivity index (χ4n) is 1.46. The molecule has 13 heavy (non-hydrogen) atoms. The van der Waals surface area contributed by atoms with Crippen molar-refractivity contribution in [3.05, 3.63) is 35.6 Å². The van der Waals surface area contributed by atoms with Gasteiger partial charge < -0.3 is 4.74 Å². The van der Waals surface area contributed by atoms with Crippen molar-refractivity contribution in [2.75, 3.05) is 6.61 Å². The van der Waals surface area contributed by atoms with E-state index in [-0.39, 0.29) is 12.0 Å². The third-order valence-corrected chi connectivity index (χ3v) is 2.14. The van der Waals surface area contributed by atoms with Gasteiger partial charge in [0.2, 0.25) is 0 Å². The molecule has 1 fully saturated rings. The molecule has 3 heteroatoms. The van der Waals surface area contributed by atoms with E-state index in [1.807, 2.05) is 13.0 Å². The van der Waals surface area contributed by atoms with Gasteiger partial charge >= 0.3 is 0 Å². The van der Waals surface area contributed by atoms with E-state index in [4.69, 9.17) is 4.74 Å². The summed E-state index contributed by atoms with van der Waals surface area (Å²) in [6, 6.07) is 6.97. The molecule has 1 aromatic carbocycles. The van der Waals surface area contributed by atoms with Crippen LogP contribution in [0.25, 0.3) is 0 Å². The van der Waals surface area contributed by atoms with E-state index in [1.165, 1.54) is 6.07 Å². The topological polar surface area (TPSA) is 21.3 Å². The van der Waals surface area contributed by atoms with Gasteiger partial charge in [0.1, 0.15) is 12.0 Å². The third-order valence-electron chi connectivity index (χ3n) is 2.14. The minimum atomic E-state index is -0.281. The Morgan fingerprint density at radius 2 is 2.23 bits per heavy atom. The smallest absolute Gasteiger partial charge is 0.137 e. The van der Waals surface area contributed by atoms with Crippen molar-refractivity contribution in [1.82, 2.24) is 5.32 Å². The van der Waals surface area contributed by atoms with Crippen molar-refractivity contribution >= 4 is 0 Å². The van der Waals surface area contributed by atoms with Crippen LogP contribution in [-0.2, 0) is 4.74 Å². The monoisotopic (exact) mass is 181 g/mol. The molecule has 70 valence electrons. The molecule has 1 aliphatic rings. The second-order valence-corrected chi connectivity index (χ2v) is 3.30. The lowest BCUT2D eigenvalue weighted by molar-refractivity contribution is 0.0979. The van der Waals surface area contributed by atoms with Gasteiger partial charge in [-0.2, -0.15) is 0 Å². The molecule has 0 spiro atoms. The van der Waals surface area contributed by atoms with Crippen molar-refractivity contribution in [3.63, 3.8) is 0 Å². The van der Waals surface area contributed by atoms with Crippen molar-refractivity contribution in [1.29, 1.82) is 0 Å². The van der Waals surface area contributed by atoms with E-state index >= 15 is 0 Å². The molecule has 2 rings (SSSR count). The Kier molecular flexibility index (Phi) is 2.29. The van der Waals surface area contributed by atoms with Crippen LogP contribution >= 0.6 is 0 Å². The first-order valence-corrected chi connectivity index (χ1v) is 4.39. The van der Waals surface area contributed by atoms with Gasteiger partial charge in [0.05, 0.1) is 6.61 Å². The maximum atomic E-state index is 13.2. The number of rotatable bonds is 1. The number of hydrogen-bond donors (Lipinski definition) is 1. The largest absolute Gasteiger partial charge is 0.357 e. The summed E-state index contributed by atoms with van der Waals surface area (Å²) in [6.07, 6.45) is -0.281. The molecule has 1 heterocycles. The van der Waals surface area contributed by atoms with Gasteiger partial charge in [-0.05, 0) is 13.0 Å². The van der Waals surface area contributed by atoms with Gasteiger partial charge in [-0.1, -0.05) is 18.2 Å². The number of nitrogens with one attached hydrogen (secondary N) is 1. The SMILES string of the molecule is CC1COC(c2ccccc2F)N1. The summed E-state index contributed by atoms with van der Waals surface area (Å²) in [5.74, 6) is -0.214. The summed E-state index contributed by atoms with van der Waals surface area (Å²) >= 11 is 0. The molecule has 1 aromatic rings. The first kappa shape index (κ1) is 8.66. The number of hydrogen-bond acceptors (Lipinski definition) is 2. The van der Waals surface area contributed by atoms with Crippen molar-refractivity contribution in [2.45, 2.75) is 19.2 Å². The zero-order valence-corrected chi connectivity index (χ0v) is 7.46. The van der Waals surface area contributed by atoms with Gasteiger partial charge in [-0.3, -0.25) is 5.32 Å². The summed E-state index contributed by atoms with van der Waals surface area (Å²) in [4.78, 5) is 0. The lowest BCUT2D eigenvalue weighted by Gasteiger charge is -2.11. The van der Waals surface area contributed by atoms with Gasteiger partial charge in [0.15, 0.2) is 0 Å². The van der Waals surface area contributed by atoms with E-state index in [0.29, 0.717) is 18.2 Å². The zero-order chi connectivity index (χ0) is 9.26. The zero-order valence-electron chi connectivity index (χ0n) is 7.46. The maximum Gasteiger partial charge on any atom is 0.137 e. The molecular formula is C10H12FNO. The van der Waals surface area contributed by atoms with Crippen LogP contribution in [0.3, 0.4) is 0 Å². The Balaban J connectivity index is 2.21. The Morgan fingerprint density at radius 1 is 1.46 bits per heavy atom. The van der Waals surface area contributed by atoms with Gasteiger partial charge in [0, 0.05) is 11.6 Å². The van der Waals surface area contributed by atoms with Gasteiger partial charge in [0.25, 0.3) is 0 Å². The fraction of sp³-hybridized carbons (Fsp3) is 0.400. The van der Waals surface area contributed by atoms with Gasteiger partial charge in [-0.15, -0.1) is 0 Å². The van der Waals surface area contributed by atoms with Crippen LogP contribution in [-0.4, -0.2) is 12.6 Å². The lowest BCUT2D eigenvalue weighted by atomic mass is 10.2. The molecule has 2 unspecified atom stereocenters. The normalized spacial score (nSPS) is 27.8. The molecule has 1 N–H and O–H groups in total. The highest BCUT2D eigenvalue weighted by molar-refractivity contribution is 5.20. The summed E-state index contributed by atoms with van der Waals surface area (Å²) in [5, 5.41) is 3.15. The summed E-state index contributed by atoms with van der Waals surface area (Å²) in [7, 11) is 0. The number of ether oxygens (including phenoxy) is 1. The predicted octanol–water partition coefficient (Wildman–Crippen LogP) is 1.83. The average molecular weight is 181 g/mol. The van der Waals surface area contributed by atoms with E-state index in [0.717, 1.165) is 0 Å². The average Bonchev–Trinajstić information content (AvgIpc) is 2.53. The van der Waals surface area contributed by atoms with Crippen LogP contribution in [0.15, 0.2) is 24.3 Å². The van der Waals surface area contributed by atoms with Gasteiger partial charge in [-0.25, -0.2) is 4.39 Å². The molecule has 0 saturated carbocycles. The molecule has 2 atom stereocenters. The molecule has 0 aromatic heterocycles. The number of halogens is 1. The molecule has 0 radical (unpaired) electrons. The predicted molar refractivity (Wildman–Crippen MR) is 47.7 cm³/mol. The summed E-state index contributed by atoms with van der Waals surface area (Å²) < 4.78 is 18.6. The Bertz CT molecular complexity index is 303. The van der Waals surface area contributed by atoms with Crippen LogP contribution in [0.4, 0.5) is 4.39 Å². The number of benzene rings is 1. The highest BCUT2D eigenvalue weighted by atomic mass is 19.1. The molecule has 1 aliphatic heterocycles. The first-order valence-electron chi connectivity index (χ1n) is 4.39. The highest BCUT2D eigenvalue weighted by Crippen LogP contribution is 2.22. The van der Waals surface area contributed by atoms with E-state index in [1.54, 1.807) is 12.1 Å². The first-order chi connectivity index (χ1) is 6.27.